The largest absolute Gasteiger partial charge is 0.456 e. The molecule has 3 nitrogen and oxygen atoms in total. The molecule has 2 heterocycles. The summed E-state index contributed by atoms with van der Waals surface area (Å²) in [7, 11) is 0. The van der Waals surface area contributed by atoms with Crippen molar-refractivity contribution in [2.75, 3.05) is 4.90 Å². The predicted molar refractivity (Wildman–Crippen MR) is 239 cm³/mol. The molecule has 0 aliphatic rings. The summed E-state index contributed by atoms with van der Waals surface area (Å²) in [5.41, 5.74) is 10.9. The van der Waals surface area contributed by atoms with Gasteiger partial charge < -0.3 is 13.7 Å². The van der Waals surface area contributed by atoms with Gasteiger partial charge in [0.25, 0.3) is 0 Å². The Kier molecular flexibility index (Phi) is 6.93. The van der Waals surface area contributed by atoms with Crippen molar-refractivity contribution in [1.29, 1.82) is 0 Å². The van der Waals surface area contributed by atoms with Gasteiger partial charge in [0.2, 0.25) is 0 Å². The number of benzene rings is 10. The molecule has 0 spiro atoms. The van der Waals surface area contributed by atoms with Crippen molar-refractivity contribution < 1.29 is 8.83 Å². The van der Waals surface area contributed by atoms with E-state index in [1.165, 1.54) is 37.9 Å². The second-order valence-corrected chi connectivity index (χ2v) is 14.8. The van der Waals surface area contributed by atoms with Crippen LogP contribution in [-0.2, 0) is 0 Å². The number of para-hydroxylation sites is 2. The van der Waals surface area contributed by atoms with E-state index in [0.717, 1.165) is 77.6 Å². The minimum absolute atomic E-state index is 0.819. The average Bonchev–Trinajstić information content (AvgIpc) is 3.86. The highest BCUT2D eigenvalue weighted by Gasteiger charge is 2.26. The number of fused-ring (bicyclic) bond motifs is 13. The number of hydrogen-bond acceptors (Lipinski definition) is 3. The van der Waals surface area contributed by atoms with Crippen molar-refractivity contribution in [1.82, 2.24) is 0 Å². The summed E-state index contributed by atoms with van der Waals surface area (Å²) in [5.74, 6) is 0. The highest BCUT2D eigenvalue weighted by molar-refractivity contribution is 6.29. The average molecular weight is 728 g/mol. The van der Waals surface area contributed by atoms with Crippen LogP contribution >= 0.6 is 0 Å². The highest BCUT2D eigenvalue weighted by atomic mass is 16.3. The fourth-order valence-electron chi connectivity index (χ4n) is 9.08. The zero-order valence-corrected chi connectivity index (χ0v) is 30.8. The molecule has 0 fully saturated rings. The third-order valence-electron chi connectivity index (χ3n) is 11.6. The van der Waals surface area contributed by atoms with Gasteiger partial charge in [-0.3, -0.25) is 0 Å². The molecule has 0 radical (unpaired) electrons. The van der Waals surface area contributed by atoms with Gasteiger partial charge in [-0.15, -0.1) is 0 Å². The minimum Gasteiger partial charge on any atom is -0.456 e. The lowest BCUT2D eigenvalue weighted by atomic mass is 9.91. The third-order valence-corrected chi connectivity index (χ3v) is 11.6. The summed E-state index contributed by atoms with van der Waals surface area (Å²) in [6, 6.07) is 71.4. The van der Waals surface area contributed by atoms with Crippen LogP contribution in [0.1, 0.15) is 0 Å². The van der Waals surface area contributed by atoms with E-state index in [2.05, 4.69) is 187 Å². The van der Waals surface area contributed by atoms with Crippen LogP contribution < -0.4 is 4.90 Å². The molecule has 0 aliphatic heterocycles. The molecule has 0 aliphatic carbocycles. The van der Waals surface area contributed by atoms with Crippen LogP contribution in [0.5, 0.6) is 0 Å². The molecule has 10 aromatic carbocycles. The number of furan rings is 2. The molecular weight excluding hydrogens is 695 g/mol. The Morgan fingerprint density at radius 3 is 1.49 bits per heavy atom. The number of anilines is 3. The molecule has 0 N–H and O–H groups in total. The first-order chi connectivity index (χ1) is 28.3. The minimum atomic E-state index is 0.819. The maximum absolute atomic E-state index is 7.12. The van der Waals surface area contributed by atoms with Crippen molar-refractivity contribution in [3.05, 3.63) is 200 Å². The molecule has 12 rings (SSSR count). The monoisotopic (exact) mass is 727 g/mol. The zero-order chi connectivity index (χ0) is 37.5. The number of rotatable bonds is 5. The molecule has 0 saturated carbocycles. The van der Waals surface area contributed by atoms with Gasteiger partial charge in [-0.05, 0) is 104 Å². The summed E-state index contributed by atoms with van der Waals surface area (Å²) >= 11 is 0. The summed E-state index contributed by atoms with van der Waals surface area (Å²) in [4.78, 5) is 2.36. The Labute approximate surface area is 328 Å². The second-order valence-electron chi connectivity index (χ2n) is 14.8. The first kappa shape index (κ1) is 31.7. The summed E-state index contributed by atoms with van der Waals surface area (Å²) in [6.07, 6.45) is 0. The summed E-state index contributed by atoms with van der Waals surface area (Å²) in [6.45, 7) is 0. The van der Waals surface area contributed by atoms with Crippen molar-refractivity contribution >= 4 is 93.3 Å². The van der Waals surface area contributed by atoms with Crippen LogP contribution in [0, 0.1) is 0 Å². The van der Waals surface area contributed by atoms with E-state index >= 15 is 0 Å². The molecule has 3 heteroatoms. The third kappa shape index (κ3) is 4.86. The smallest absolute Gasteiger partial charge is 0.160 e. The maximum atomic E-state index is 7.12. The van der Waals surface area contributed by atoms with Crippen LogP contribution in [0.3, 0.4) is 0 Å². The van der Waals surface area contributed by atoms with Crippen molar-refractivity contribution in [3.63, 3.8) is 0 Å². The van der Waals surface area contributed by atoms with E-state index in [1.807, 2.05) is 18.2 Å². The molecule has 0 bridgehead atoms. The normalized spacial score (nSPS) is 11.9. The van der Waals surface area contributed by atoms with Crippen molar-refractivity contribution in [3.8, 4) is 22.3 Å². The number of nitrogens with zero attached hydrogens (tertiary/aromatic N) is 1. The first-order valence-electron chi connectivity index (χ1n) is 19.4. The van der Waals surface area contributed by atoms with Crippen LogP contribution in [0.4, 0.5) is 17.1 Å². The van der Waals surface area contributed by atoms with E-state index in [1.54, 1.807) is 0 Å². The van der Waals surface area contributed by atoms with Gasteiger partial charge in [-0.1, -0.05) is 146 Å². The molecule has 0 amide bonds. The Balaban J connectivity index is 1.19. The quantitative estimate of drug-likeness (QED) is 0.165. The van der Waals surface area contributed by atoms with Crippen LogP contribution in [-0.4, -0.2) is 0 Å². The van der Waals surface area contributed by atoms with Gasteiger partial charge in [0.15, 0.2) is 5.58 Å². The lowest BCUT2D eigenvalue weighted by molar-refractivity contribution is 0.663. The molecular formula is C54H33NO2. The lowest BCUT2D eigenvalue weighted by Crippen LogP contribution is -2.11. The molecule has 57 heavy (non-hydrogen) atoms. The Morgan fingerprint density at radius 2 is 0.789 bits per heavy atom. The van der Waals surface area contributed by atoms with Crippen molar-refractivity contribution in [2.45, 2.75) is 0 Å². The predicted octanol–water partition coefficient (Wildman–Crippen LogP) is 15.7. The first-order valence-corrected chi connectivity index (χ1v) is 19.4. The fraction of sp³-hybridized carbons (Fsp3) is 0. The molecule has 266 valence electrons. The van der Waals surface area contributed by atoms with Crippen LogP contribution in [0.15, 0.2) is 209 Å². The Morgan fingerprint density at radius 1 is 0.298 bits per heavy atom. The highest BCUT2D eigenvalue weighted by Crippen LogP contribution is 2.50. The zero-order valence-electron chi connectivity index (χ0n) is 30.8. The molecule has 12 aromatic rings. The van der Waals surface area contributed by atoms with Crippen LogP contribution in [0.2, 0.25) is 0 Å². The van der Waals surface area contributed by atoms with Gasteiger partial charge in [0, 0.05) is 38.5 Å². The van der Waals surface area contributed by atoms with Gasteiger partial charge in [-0.25, -0.2) is 0 Å². The second kappa shape index (κ2) is 12.5. The molecule has 0 unspecified atom stereocenters. The van der Waals surface area contributed by atoms with E-state index in [-0.39, 0.29) is 0 Å². The Bertz CT molecular complexity index is 3470. The lowest BCUT2D eigenvalue weighted by Gasteiger charge is -2.28. The van der Waals surface area contributed by atoms with Gasteiger partial charge >= 0.3 is 0 Å². The number of hydrogen-bond donors (Lipinski definition) is 0. The maximum Gasteiger partial charge on any atom is 0.160 e. The molecule has 0 atom stereocenters. The molecule has 0 saturated heterocycles. The van der Waals surface area contributed by atoms with E-state index in [0.29, 0.717) is 0 Å². The SMILES string of the molecule is c1ccc(-c2ccc(N(c3ccccc3)c3c(-c4ccc5c6ccccc6c6ccccc6c5c4)ccc4c3oc3ccc5oc6ccccc6c5c34)cc2)cc1. The standard InChI is InChI=1S/C54H33NO2/c1-3-13-34(14-4-1)35-23-26-38(27-24-35)55(37-15-5-2-6-16-37)53-39(36-25-28-44-42-19-8-7-17-40(42)41-18-9-10-20-43(41)47(44)33-36)29-30-46-52-50(57-54(46)53)32-31-49-51(52)45-21-11-12-22-48(45)56-49/h1-33H. The van der Waals surface area contributed by atoms with Gasteiger partial charge in [0.1, 0.15) is 16.7 Å². The van der Waals surface area contributed by atoms with Gasteiger partial charge in [0.05, 0.1) is 5.69 Å². The molecule has 2 aromatic heterocycles. The van der Waals surface area contributed by atoms with Crippen molar-refractivity contribution in [2.24, 2.45) is 0 Å². The topological polar surface area (TPSA) is 29.5 Å². The van der Waals surface area contributed by atoms with Crippen LogP contribution in [0.25, 0.3) is 98.4 Å². The van der Waals surface area contributed by atoms with E-state index in [9.17, 15) is 0 Å². The Hall–Kier alpha value is -7.62. The van der Waals surface area contributed by atoms with E-state index in [4.69, 9.17) is 8.83 Å². The summed E-state index contributed by atoms with van der Waals surface area (Å²) < 4.78 is 13.5. The van der Waals surface area contributed by atoms with Gasteiger partial charge in [-0.2, -0.15) is 0 Å². The van der Waals surface area contributed by atoms with E-state index < -0.39 is 0 Å². The fourth-order valence-corrected chi connectivity index (χ4v) is 9.08. The summed E-state index contributed by atoms with van der Waals surface area (Å²) in [5, 5.41) is 11.7.